The average molecular weight is 482 g/mol. The second-order valence-electron chi connectivity index (χ2n) is 6.25. The van der Waals surface area contributed by atoms with Gasteiger partial charge in [0.2, 0.25) is 5.89 Å². The number of anilines is 1. The molecular formula is C21H12Cl4N2O3. The van der Waals surface area contributed by atoms with Gasteiger partial charge in [-0.15, -0.1) is 0 Å². The molecule has 0 atom stereocenters. The molecule has 9 heteroatoms. The standard InChI is InChI=1S/C21H12Cl4N2O3/c1-29-19-14(7-11(23)8-16(19)25)20(28)26-12-3-5-18-17(9-12)27-21(30-18)13-6-10(22)2-4-15(13)24/h2-9H,1H3,(H,26,28). The van der Waals surface area contributed by atoms with E-state index < -0.39 is 5.91 Å². The molecule has 0 unspecified atom stereocenters. The highest BCUT2D eigenvalue weighted by Gasteiger charge is 2.18. The minimum Gasteiger partial charge on any atom is -0.494 e. The molecule has 0 aliphatic heterocycles. The predicted molar refractivity (Wildman–Crippen MR) is 120 cm³/mol. The van der Waals surface area contributed by atoms with E-state index in [1.165, 1.54) is 19.2 Å². The van der Waals surface area contributed by atoms with Crippen LogP contribution in [-0.2, 0) is 0 Å². The van der Waals surface area contributed by atoms with Gasteiger partial charge >= 0.3 is 0 Å². The molecule has 5 nitrogen and oxygen atoms in total. The number of amides is 1. The van der Waals surface area contributed by atoms with E-state index in [1.54, 1.807) is 36.4 Å². The topological polar surface area (TPSA) is 64.4 Å². The Labute approximate surface area is 191 Å². The largest absolute Gasteiger partial charge is 0.494 e. The van der Waals surface area contributed by atoms with Crippen molar-refractivity contribution in [1.82, 2.24) is 4.98 Å². The molecule has 0 fully saturated rings. The van der Waals surface area contributed by atoms with E-state index in [4.69, 9.17) is 55.6 Å². The Bertz CT molecular complexity index is 1290. The van der Waals surface area contributed by atoms with Gasteiger partial charge in [0, 0.05) is 15.7 Å². The fourth-order valence-electron chi connectivity index (χ4n) is 2.92. The number of hydrogen-bond donors (Lipinski definition) is 1. The maximum absolute atomic E-state index is 12.8. The molecule has 0 aliphatic carbocycles. The molecule has 4 rings (SSSR count). The van der Waals surface area contributed by atoms with Crippen molar-refractivity contribution in [2.75, 3.05) is 12.4 Å². The molecule has 1 heterocycles. The van der Waals surface area contributed by atoms with Crippen molar-refractivity contribution in [3.63, 3.8) is 0 Å². The molecule has 0 saturated heterocycles. The fourth-order valence-corrected chi connectivity index (χ4v) is 3.86. The Hall–Kier alpha value is -2.44. The number of methoxy groups -OCH3 is 1. The number of hydrogen-bond acceptors (Lipinski definition) is 4. The van der Waals surface area contributed by atoms with Crippen LogP contribution in [0.2, 0.25) is 20.1 Å². The number of aromatic nitrogens is 1. The monoisotopic (exact) mass is 480 g/mol. The minimum atomic E-state index is -0.433. The fraction of sp³-hybridized carbons (Fsp3) is 0.0476. The Morgan fingerprint density at radius 2 is 1.77 bits per heavy atom. The van der Waals surface area contributed by atoms with Crippen LogP contribution in [0.15, 0.2) is 52.9 Å². The lowest BCUT2D eigenvalue weighted by Crippen LogP contribution is -2.13. The van der Waals surface area contributed by atoms with E-state index in [0.29, 0.717) is 43.3 Å². The van der Waals surface area contributed by atoms with E-state index in [2.05, 4.69) is 10.3 Å². The molecule has 0 radical (unpaired) electrons. The van der Waals surface area contributed by atoms with E-state index in [-0.39, 0.29) is 16.3 Å². The van der Waals surface area contributed by atoms with Crippen molar-refractivity contribution in [1.29, 1.82) is 0 Å². The van der Waals surface area contributed by atoms with Crippen molar-refractivity contribution in [3.05, 3.63) is 74.2 Å². The van der Waals surface area contributed by atoms with Gasteiger partial charge in [-0.05, 0) is 48.5 Å². The zero-order chi connectivity index (χ0) is 21.4. The van der Waals surface area contributed by atoms with Crippen LogP contribution in [0.3, 0.4) is 0 Å². The van der Waals surface area contributed by atoms with Gasteiger partial charge in [-0.25, -0.2) is 4.98 Å². The summed E-state index contributed by atoms with van der Waals surface area (Å²) >= 11 is 24.4. The maximum Gasteiger partial charge on any atom is 0.259 e. The van der Waals surface area contributed by atoms with E-state index in [1.807, 2.05) is 0 Å². The summed E-state index contributed by atoms with van der Waals surface area (Å²) < 4.78 is 11.0. The summed E-state index contributed by atoms with van der Waals surface area (Å²) in [6.45, 7) is 0. The predicted octanol–water partition coefficient (Wildman–Crippen LogP) is 7.37. The highest BCUT2D eigenvalue weighted by atomic mass is 35.5. The third-order valence-electron chi connectivity index (χ3n) is 4.26. The molecule has 1 amide bonds. The average Bonchev–Trinajstić information content (AvgIpc) is 3.12. The number of halogens is 4. The number of nitrogens with zero attached hydrogens (tertiary/aromatic N) is 1. The van der Waals surface area contributed by atoms with Crippen molar-refractivity contribution >= 4 is 69.1 Å². The van der Waals surface area contributed by atoms with Crippen LogP contribution in [0, 0.1) is 0 Å². The number of rotatable bonds is 4. The smallest absolute Gasteiger partial charge is 0.259 e. The zero-order valence-electron chi connectivity index (χ0n) is 15.3. The summed E-state index contributed by atoms with van der Waals surface area (Å²) in [7, 11) is 1.43. The van der Waals surface area contributed by atoms with Crippen molar-refractivity contribution < 1.29 is 13.9 Å². The quantitative estimate of drug-likeness (QED) is 0.330. The molecule has 4 aromatic rings. The number of carbonyl (C=O) groups is 1. The third kappa shape index (κ3) is 4.07. The lowest BCUT2D eigenvalue weighted by molar-refractivity contribution is 0.102. The molecule has 3 aromatic carbocycles. The van der Waals surface area contributed by atoms with Gasteiger partial charge in [0.25, 0.3) is 5.91 Å². The number of oxazole rings is 1. The molecule has 1 aromatic heterocycles. The zero-order valence-corrected chi connectivity index (χ0v) is 18.3. The summed E-state index contributed by atoms with van der Waals surface area (Å²) in [5, 5.41) is 4.32. The Kier molecular flexibility index (Phi) is 5.80. The number of nitrogens with one attached hydrogen (secondary N) is 1. The van der Waals surface area contributed by atoms with Crippen LogP contribution >= 0.6 is 46.4 Å². The van der Waals surface area contributed by atoms with Gasteiger partial charge in [0.05, 0.1) is 28.3 Å². The third-order valence-corrected chi connectivity index (χ3v) is 5.33. The van der Waals surface area contributed by atoms with Crippen molar-refractivity contribution in [2.45, 2.75) is 0 Å². The van der Waals surface area contributed by atoms with Crippen LogP contribution < -0.4 is 10.1 Å². The number of carbonyl (C=O) groups excluding carboxylic acids is 1. The van der Waals surface area contributed by atoms with Crippen LogP contribution in [-0.4, -0.2) is 18.0 Å². The molecule has 1 N–H and O–H groups in total. The van der Waals surface area contributed by atoms with Gasteiger partial charge < -0.3 is 14.5 Å². The van der Waals surface area contributed by atoms with Crippen LogP contribution in [0.4, 0.5) is 5.69 Å². The van der Waals surface area contributed by atoms with Gasteiger partial charge in [-0.3, -0.25) is 4.79 Å². The van der Waals surface area contributed by atoms with E-state index in [0.717, 1.165) is 0 Å². The lowest BCUT2D eigenvalue weighted by atomic mass is 10.1. The second-order valence-corrected chi connectivity index (χ2v) is 7.94. The van der Waals surface area contributed by atoms with Gasteiger partial charge in [-0.2, -0.15) is 0 Å². The van der Waals surface area contributed by atoms with Crippen LogP contribution in [0.25, 0.3) is 22.6 Å². The molecule has 0 saturated carbocycles. The Morgan fingerprint density at radius 3 is 2.53 bits per heavy atom. The Balaban J connectivity index is 1.67. The van der Waals surface area contributed by atoms with Crippen LogP contribution in [0.5, 0.6) is 5.75 Å². The Morgan fingerprint density at radius 1 is 0.967 bits per heavy atom. The first-order valence-electron chi connectivity index (χ1n) is 8.56. The highest BCUT2D eigenvalue weighted by molar-refractivity contribution is 6.36. The SMILES string of the molecule is COc1c(Cl)cc(Cl)cc1C(=O)Nc1ccc2oc(-c3cc(Cl)ccc3Cl)nc2c1. The molecule has 0 aliphatic rings. The minimum absolute atomic E-state index is 0.210. The van der Waals surface area contributed by atoms with Gasteiger partial charge in [-0.1, -0.05) is 46.4 Å². The normalized spacial score (nSPS) is 11.0. The first kappa shape index (κ1) is 20.8. The summed E-state index contributed by atoms with van der Waals surface area (Å²) in [4.78, 5) is 17.2. The molecule has 0 bridgehead atoms. The lowest BCUT2D eigenvalue weighted by Gasteiger charge is -2.11. The molecule has 152 valence electrons. The summed E-state index contributed by atoms with van der Waals surface area (Å²) in [5.41, 5.74) is 2.35. The van der Waals surface area contributed by atoms with E-state index in [9.17, 15) is 4.79 Å². The molecular weight excluding hydrogens is 470 g/mol. The number of ether oxygens (including phenoxy) is 1. The maximum atomic E-state index is 12.8. The van der Waals surface area contributed by atoms with Gasteiger partial charge in [0.1, 0.15) is 11.3 Å². The molecule has 30 heavy (non-hydrogen) atoms. The van der Waals surface area contributed by atoms with Gasteiger partial charge in [0.15, 0.2) is 5.58 Å². The first-order valence-corrected chi connectivity index (χ1v) is 10.1. The van der Waals surface area contributed by atoms with E-state index >= 15 is 0 Å². The molecule has 0 spiro atoms. The highest BCUT2D eigenvalue weighted by Crippen LogP contribution is 2.34. The second kappa shape index (κ2) is 8.36. The summed E-state index contributed by atoms with van der Waals surface area (Å²) in [5.74, 6) is 0.125. The van der Waals surface area contributed by atoms with Crippen molar-refractivity contribution in [2.24, 2.45) is 0 Å². The number of benzene rings is 3. The summed E-state index contributed by atoms with van der Waals surface area (Å²) in [6.07, 6.45) is 0. The number of fused-ring (bicyclic) bond motifs is 1. The first-order chi connectivity index (χ1) is 14.4. The summed E-state index contributed by atoms with van der Waals surface area (Å²) in [6, 6.07) is 13.1. The van der Waals surface area contributed by atoms with Crippen molar-refractivity contribution in [3.8, 4) is 17.2 Å². The van der Waals surface area contributed by atoms with Crippen LogP contribution in [0.1, 0.15) is 10.4 Å².